The maximum Gasteiger partial charge on any atom is 0.329 e. The first-order valence-corrected chi connectivity index (χ1v) is 7.07. The number of aromatic nitrogens is 2. The summed E-state index contributed by atoms with van der Waals surface area (Å²) in [5, 5.41) is 18.6. The highest BCUT2D eigenvalue weighted by atomic mass is 32.2. The van der Waals surface area contributed by atoms with E-state index in [1.807, 2.05) is 0 Å². The molecule has 0 aliphatic carbocycles. The molecule has 1 aromatic heterocycles. The maximum atomic E-state index is 11.7. The van der Waals surface area contributed by atoms with E-state index >= 15 is 0 Å². The summed E-state index contributed by atoms with van der Waals surface area (Å²) in [6, 6.07) is 1.14. The number of aliphatic hydroxyl groups excluding tert-OH is 2. The van der Waals surface area contributed by atoms with Crippen LogP contribution in [-0.2, 0) is 9.53 Å². The molecule has 1 aromatic rings. The smallest absolute Gasteiger partial charge is 0.329 e. The van der Waals surface area contributed by atoms with Crippen LogP contribution in [-0.4, -0.2) is 56.3 Å². The van der Waals surface area contributed by atoms with Gasteiger partial charge < -0.3 is 20.7 Å². The lowest BCUT2D eigenvalue weighted by Crippen LogP contribution is -2.37. The highest BCUT2D eigenvalue weighted by Crippen LogP contribution is 2.41. The van der Waals surface area contributed by atoms with Crippen molar-refractivity contribution in [2.24, 2.45) is 5.73 Å². The Morgan fingerprint density at radius 2 is 2.14 bits per heavy atom. The van der Waals surface area contributed by atoms with Crippen LogP contribution in [0.25, 0.3) is 0 Å². The second-order valence-corrected chi connectivity index (χ2v) is 5.81. The van der Waals surface area contributed by atoms with Gasteiger partial charge >= 0.3 is 11.7 Å². The standard InChI is InChI=1S/C11H15N3O6S/c12-3-7(16)20-4-5-8(17)9(18)10(21-5)14-2-1-6(15)13-11(14)19/h1-2,5,8-10,17-18H,3-4,12H2,(H,13,15,19)/t5-,8?,9?,10-/m1/s1. The molecule has 1 saturated heterocycles. The number of thioether (sulfide) groups is 1. The largest absolute Gasteiger partial charge is 0.463 e. The van der Waals surface area contributed by atoms with Crippen molar-refractivity contribution in [2.75, 3.05) is 13.2 Å². The van der Waals surface area contributed by atoms with Crippen molar-refractivity contribution in [3.8, 4) is 0 Å². The van der Waals surface area contributed by atoms with Gasteiger partial charge in [0.15, 0.2) is 0 Å². The number of nitrogens with zero attached hydrogens (tertiary/aromatic N) is 1. The number of nitrogens with two attached hydrogens (primary N) is 1. The number of aromatic amines is 1. The summed E-state index contributed by atoms with van der Waals surface area (Å²) in [7, 11) is 0. The first kappa shape index (κ1) is 15.8. The van der Waals surface area contributed by atoms with Gasteiger partial charge in [-0.3, -0.25) is 19.1 Å². The Labute approximate surface area is 122 Å². The van der Waals surface area contributed by atoms with Crippen LogP contribution >= 0.6 is 11.8 Å². The zero-order chi connectivity index (χ0) is 15.6. The molecule has 0 saturated carbocycles. The van der Waals surface area contributed by atoms with Gasteiger partial charge in [0, 0.05) is 12.3 Å². The highest BCUT2D eigenvalue weighted by Gasteiger charge is 2.44. The summed E-state index contributed by atoms with van der Waals surface area (Å²) >= 11 is 1.08. The molecule has 2 heterocycles. The summed E-state index contributed by atoms with van der Waals surface area (Å²) in [5.74, 6) is -0.623. The van der Waals surface area contributed by atoms with E-state index in [0.29, 0.717) is 0 Å². The third kappa shape index (κ3) is 3.35. The van der Waals surface area contributed by atoms with E-state index in [0.717, 1.165) is 22.4 Å². The molecule has 0 amide bonds. The van der Waals surface area contributed by atoms with Gasteiger partial charge in [0.25, 0.3) is 5.56 Å². The maximum absolute atomic E-state index is 11.7. The van der Waals surface area contributed by atoms with Crippen LogP contribution in [0.2, 0.25) is 0 Å². The number of carbonyl (C=O) groups excluding carboxylic acids is 1. The van der Waals surface area contributed by atoms with E-state index in [1.54, 1.807) is 0 Å². The average Bonchev–Trinajstić information content (AvgIpc) is 2.73. The number of ether oxygens (including phenoxy) is 1. The lowest BCUT2D eigenvalue weighted by Gasteiger charge is -2.17. The predicted octanol–water partition coefficient (Wildman–Crippen LogP) is -2.63. The van der Waals surface area contributed by atoms with Gasteiger partial charge in [0.1, 0.15) is 18.1 Å². The SMILES string of the molecule is NCC(=O)OC[C@H]1S[C@@H](n2ccc(=O)[nH]c2=O)C(O)C1O. The van der Waals surface area contributed by atoms with Crippen molar-refractivity contribution in [1.82, 2.24) is 9.55 Å². The summed E-state index contributed by atoms with van der Waals surface area (Å²) in [4.78, 5) is 35.8. The van der Waals surface area contributed by atoms with E-state index < -0.39 is 40.1 Å². The molecule has 5 N–H and O–H groups in total. The van der Waals surface area contributed by atoms with E-state index in [2.05, 4.69) is 4.98 Å². The molecule has 2 rings (SSSR count). The third-order valence-electron chi connectivity index (χ3n) is 3.04. The van der Waals surface area contributed by atoms with Crippen molar-refractivity contribution >= 4 is 17.7 Å². The molecule has 116 valence electrons. The number of H-pyrrole nitrogens is 1. The van der Waals surface area contributed by atoms with Gasteiger partial charge in [-0.15, -0.1) is 11.8 Å². The Kier molecular flexibility index (Phi) is 4.83. The second kappa shape index (κ2) is 6.43. The molecular weight excluding hydrogens is 302 g/mol. The fourth-order valence-electron chi connectivity index (χ4n) is 1.96. The van der Waals surface area contributed by atoms with E-state index in [-0.39, 0.29) is 13.2 Å². The number of hydrogen-bond acceptors (Lipinski definition) is 8. The minimum absolute atomic E-state index is 0.131. The number of rotatable bonds is 4. The Bertz CT molecular complexity index is 629. The first-order chi connectivity index (χ1) is 9.93. The van der Waals surface area contributed by atoms with Gasteiger partial charge in [0.05, 0.1) is 17.9 Å². The van der Waals surface area contributed by atoms with Crippen molar-refractivity contribution in [3.63, 3.8) is 0 Å². The van der Waals surface area contributed by atoms with Gasteiger partial charge in [-0.2, -0.15) is 0 Å². The van der Waals surface area contributed by atoms with E-state index in [4.69, 9.17) is 10.5 Å². The third-order valence-corrected chi connectivity index (χ3v) is 4.59. The molecule has 9 nitrogen and oxygen atoms in total. The fourth-order valence-corrected chi connectivity index (χ4v) is 3.40. The highest BCUT2D eigenvalue weighted by molar-refractivity contribution is 8.00. The lowest BCUT2D eigenvalue weighted by molar-refractivity contribution is -0.142. The second-order valence-electron chi connectivity index (χ2n) is 4.45. The molecule has 0 radical (unpaired) electrons. The van der Waals surface area contributed by atoms with E-state index in [1.165, 1.54) is 6.20 Å². The number of nitrogens with one attached hydrogen (secondary N) is 1. The van der Waals surface area contributed by atoms with E-state index in [9.17, 15) is 24.6 Å². The number of esters is 1. The Morgan fingerprint density at radius 3 is 2.76 bits per heavy atom. The molecule has 21 heavy (non-hydrogen) atoms. The van der Waals surface area contributed by atoms with Gasteiger partial charge in [-0.05, 0) is 0 Å². The summed E-state index contributed by atoms with van der Waals surface area (Å²) in [5.41, 5.74) is 3.86. The number of hydrogen-bond donors (Lipinski definition) is 4. The Hall–Kier alpha value is -1.62. The quantitative estimate of drug-likeness (QED) is 0.441. The predicted molar refractivity (Wildman–Crippen MR) is 73.8 cm³/mol. The zero-order valence-corrected chi connectivity index (χ0v) is 11.7. The summed E-state index contributed by atoms with van der Waals surface area (Å²) in [6.45, 7) is -0.410. The monoisotopic (exact) mass is 317 g/mol. The van der Waals surface area contributed by atoms with Gasteiger partial charge in [0.2, 0.25) is 0 Å². The van der Waals surface area contributed by atoms with Gasteiger partial charge in [-0.1, -0.05) is 0 Å². The minimum Gasteiger partial charge on any atom is -0.463 e. The van der Waals surface area contributed by atoms with Crippen molar-refractivity contribution < 1.29 is 19.7 Å². The van der Waals surface area contributed by atoms with Crippen LogP contribution in [0.1, 0.15) is 5.37 Å². The summed E-state index contributed by atoms with van der Waals surface area (Å²) < 4.78 is 5.94. The summed E-state index contributed by atoms with van der Waals surface area (Å²) in [6.07, 6.45) is -1.17. The molecule has 0 aromatic carbocycles. The molecule has 2 unspecified atom stereocenters. The van der Waals surface area contributed by atoms with Crippen LogP contribution in [0.5, 0.6) is 0 Å². The minimum atomic E-state index is -1.24. The van der Waals surface area contributed by atoms with Crippen molar-refractivity contribution in [3.05, 3.63) is 33.1 Å². The molecule has 10 heteroatoms. The topological polar surface area (TPSA) is 148 Å². The molecule has 0 spiro atoms. The molecule has 4 atom stereocenters. The Balaban J connectivity index is 2.14. The molecule has 0 bridgehead atoms. The van der Waals surface area contributed by atoms with Gasteiger partial charge in [-0.25, -0.2) is 4.79 Å². The molecule has 1 aliphatic heterocycles. The normalized spacial score (nSPS) is 28.5. The molecule has 1 aliphatic rings. The van der Waals surface area contributed by atoms with Crippen molar-refractivity contribution in [2.45, 2.75) is 22.8 Å². The number of aliphatic hydroxyl groups is 2. The molecular formula is C11H15N3O6S. The van der Waals surface area contributed by atoms with Crippen molar-refractivity contribution in [1.29, 1.82) is 0 Å². The first-order valence-electron chi connectivity index (χ1n) is 6.13. The van der Waals surface area contributed by atoms with Crippen LogP contribution in [0, 0.1) is 0 Å². The lowest BCUT2D eigenvalue weighted by atomic mass is 10.1. The average molecular weight is 317 g/mol. The zero-order valence-electron chi connectivity index (χ0n) is 10.8. The van der Waals surface area contributed by atoms with Crippen LogP contribution < -0.4 is 17.0 Å². The fraction of sp³-hybridized carbons (Fsp3) is 0.545. The van der Waals surface area contributed by atoms with Crippen LogP contribution in [0.4, 0.5) is 0 Å². The molecule has 1 fully saturated rings. The van der Waals surface area contributed by atoms with Crippen LogP contribution in [0.3, 0.4) is 0 Å². The number of carbonyl (C=O) groups is 1. The van der Waals surface area contributed by atoms with Crippen LogP contribution in [0.15, 0.2) is 21.9 Å². The Morgan fingerprint density at radius 1 is 1.43 bits per heavy atom.